The molecule has 5 heteroatoms. The normalized spacial score (nSPS) is 11.5. The van der Waals surface area contributed by atoms with Gasteiger partial charge in [-0.3, -0.25) is 0 Å². The molecule has 0 fully saturated rings. The largest absolute Gasteiger partial charge is 0.709 e. The van der Waals surface area contributed by atoms with Crippen LogP contribution in [-0.2, 0) is 5.41 Å². The highest BCUT2D eigenvalue weighted by atomic mass is 16.7. The standard InChI is InChI=1S/C8H13BO4/c1-8(2,3)6-4-5-7(12-6)13-9(10)11/h4-5,10-11H,1-3H3. The van der Waals surface area contributed by atoms with Gasteiger partial charge < -0.3 is 19.1 Å². The van der Waals surface area contributed by atoms with Gasteiger partial charge in [-0.2, -0.15) is 0 Å². The fourth-order valence-electron chi connectivity index (χ4n) is 0.890. The maximum atomic E-state index is 8.49. The molecule has 0 amide bonds. The molecule has 0 saturated carbocycles. The van der Waals surface area contributed by atoms with Gasteiger partial charge in [0.25, 0.3) is 5.95 Å². The second-order valence-electron chi connectivity index (χ2n) is 3.81. The first-order chi connectivity index (χ1) is 5.89. The highest BCUT2D eigenvalue weighted by Crippen LogP contribution is 2.27. The van der Waals surface area contributed by atoms with Crippen molar-refractivity contribution in [2.45, 2.75) is 26.2 Å². The van der Waals surface area contributed by atoms with E-state index in [2.05, 4.69) is 4.65 Å². The second-order valence-corrected chi connectivity index (χ2v) is 3.81. The van der Waals surface area contributed by atoms with Gasteiger partial charge in [0.05, 0.1) is 0 Å². The van der Waals surface area contributed by atoms with Crippen molar-refractivity contribution in [2.75, 3.05) is 0 Å². The van der Waals surface area contributed by atoms with Crippen molar-refractivity contribution in [3.8, 4) is 5.95 Å². The monoisotopic (exact) mass is 184 g/mol. The van der Waals surface area contributed by atoms with Crippen LogP contribution in [0.2, 0.25) is 0 Å². The van der Waals surface area contributed by atoms with Gasteiger partial charge in [-0.25, -0.2) is 0 Å². The maximum Gasteiger partial charge on any atom is 0.709 e. The number of rotatable bonds is 2. The minimum absolute atomic E-state index is 0.109. The number of hydrogen-bond donors (Lipinski definition) is 2. The van der Waals surface area contributed by atoms with Crippen LogP contribution in [0.4, 0.5) is 0 Å². The first-order valence-electron chi connectivity index (χ1n) is 4.03. The Labute approximate surface area is 77.3 Å². The predicted octanol–water partition coefficient (Wildman–Crippen LogP) is 0.925. The van der Waals surface area contributed by atoms with Crippen LogP contribution >= 0.6 is 0 Å². The topological polar surface area (TPSA) is 62.8 Å². The quantitative estimate of drug-likeness (QED) is 0.671. The Morgan fingerprint density at radius 2 is 1.92 bits per heavy atom. The molecular formula is C8H13BO4. The van der Waals surface area contributed by atoms with Gasteiger partial charge in [0.2, 0.25) is 0 Å². The molecule has 4 nitrogen and oxygen atoms in total. The molecule has 0 aliphatic heterocycles. The van der Waals surface area contributed by atoms with Crippen molar-refractivity contribution in [3.63, 3.8) is 0 Å². The zero-order valence-corrected chi connectivity index (χ0v) is 7.94. The summed E-state index contributed by atoms with van der Waals surface area (Å²) in [6, 6.07) is 3.30. The fourth-order valence-corrected chi connectivity index (χ4v) is 0.890. The molecule has 0 saturated heterocycles. The third kappa shape index (κ3) is 2.79. The van der Waals surface area contributed by atoms with E-state index in [0.29, 0.717) is 0 Å². The first kappa shape index (κ1) is 10.1. The minimum atomic E-state index is -1.83. The van der Waals surface area contributed by atoms with Crippen LogP contribution in [0, 0.1) is 0 Å². The van der Waals surface area contributed by atoms with Crippen LogP contribution in [0.15, 0.2) is 16.5 Å². The highest BCUT2D eigenvalue weighted by Gasteiger charge is 2.20. The van der Waals surface area contributed by atoms with Crippen LogP contribution in [0.3, 0.4) is 0 Å². The van der Waals surface area contributed by atoms with Crippen molar-refractivity contribution in [3.05, 3.63) is 17.9 Å². The summed E-state index contributed by atoms with van der Waals surface area (Å²) in [6.45, 7) is 5.97. The van der Waals surface area contributed by atoms with E-state index in [9.17, 15) is 0 Å². The van der Waals surface area contributed by atoms with Crippen LogP contribution in [0.1, 0.15) is 26.5 Å². The van der Waals surface area contributed by atoms with E-state index in [-0.39, 0.29) is 11.4 Å². The molecule has 0 spiro atoms. The Hall–Kier alpha value is -0.935. The summed E-state index contributed by atoms with van der Waals surface area (Å²) in [5, 5.41) is 17.0. The van der Waals surface area contributed by atoms with Crippen molar-refractivity contribution in [1.82, 2.24) is 0 Å². The van der Waals surface area contributed by atoms with Crippen LogP contribution in [-0.4, -0.2) is 17.4 Å². The fraction of sp³-hybridized carbons (Fsp3) is 0.500. The van der Waals surface area contributed by atoms with Crippen LogP contribution in [0.5, 0.6) is 5.95 Å². The lowest BCUT2D eigenvalue weighted by atomic mass is 9.94. The molecule has 1 heterocycles. The summed E-state index contributed by atoms with van der Waals surface area (Å²) >= 11 is 0. The molecule has 1 rings (SSSR count). The summed E-state index contributed by atoms with van der Waals surface area (Å²) < 4.78 is 9.75. The van der Waals surface area contributed by atoms with Crippen molar-refractivity contribution >= 4 is 7.32 Å². The van der Waals surface area contributed by atoms with Gasteiger partial charge in [0, 0.05) is 11.5 Å². The summed E-state index contributed by atoms with van der Waals surface area (Å²) in [5.41, 5.74) is -0.109. The Morgan fingerprint density at radius 3 is 2.31 bits per heavy atom. The van der Waals surface area contributed by atoms with E-state index in [4.69, 9.17) is 14.5 Å². The van der Waals surface area contributed by atoms with Gasteiger partial charge in [0.1, 0.15) is 5.76 Å². The van der Waals surface area contributed by atoms with Gasteiger partial charge in [-0.05, 0) is 6.07 Å². The summed E-state index contributed by atoms with van der Waals surface area (Å²) in [7, 11) is -1.83. The molecule has 1 aromatic heterocycles. The Morgan fingerprint density at radius 1 is 1.31 bits per heavy atom. The summed E-state index contributed by atoms with van der Waals surface area (Å²) in [4.78, 5) is 0. The lowest BCUT2D eigenvalue weighted by molar-refractivity contribution is 0.242. The van der Waals surface area contributed by atoms with Gasteiger partial charge >= 0.3 is 7.32 Å². The van der Waals surface area contributed by atoms with Crippen molar-refractivity contribution < 1.29 is 19.1 Å². The minimum Gasteiger partial charge on any atom is -0.485 e. The molecule has 0 aliphatic carbocycles. The third-order valence-corrected chi connectivity index (χ3v) is 1.54. The highest BCUT2D eigenvalue weighted by molar-refractivity contribution is 6.33. The van der Waals surface area contributed by atoms with E-state index < -0.39 is 7.32 Å². The number of hydrogen-bond acceptors (Lipinski definition) is 4. The first-order valence-corrected chi connectivity index (χ1v) is 4.03. The molecule has 0 aliphatic rings. The maximum absolute atomic E-state index is 8.49. The van der Waals surface area contributed by atoms with Gasteiger partial charge in [0.15, 0.2) is 0 Å². The predicted molar refractivity (Wildman–Crippen MR) is 48.2 cm³/mol. The van der Waals surface area contributed by atoms with E-state index in [1.54, 1.807) is 12.1 Å². The second kappa shape index (κ2) is 3.43. The molecule has 0 aromatic carbocycles. The zero-order valence-electron chi connectivity index (χ0n) is 7.94. The molecule has 72 valence electrons. The molecule has 1 aromatic rings. The Bertz CT molecular complexity index is 274. The molecular weight excluding hydrogens is 171 g/mol. The van der Waals surface area contributed by atoms with E-state index in [0.717, 1.165) is 5.76 Å². The third-order valence-electron chi connectivity index (χ3n) is 1.54. The van der Waals surface area contributed by atoms with E-state index >= 15 is 0 Å². The molecule has 0 atom stereocenters. The van der Waals surface area contributed by atoms with E-state index in [1.165, 1.54) is 0 Å². The Balaban J connectivity index is 2.75. The molecule has 0 radical (unpaired) electrons. The number of furan rings is 1. The average molecular weight is 184 g/mol. The smallest absolute Gasteiger partial charge is 0.485 e. The van der Waals surface area contributed by atoms with Gasteiger partial charge in [-0.1, -0.05) is 20.8 Å². The molecule has 2 N–H and O–H groups in total. The van der Waals surface area contributed by atoms with Crippen LogP contribution < -0.4 is 4.65 Å². The average Bonchev–Trinajstić information content (AvgIpc) is 2.32. The lowest BCUT2D eigenvalue weighted by Crippen LogP contribution is -2.20. The van der Waals surface area contributed by atoms with Crippen molar-refractivity contribution in [1.29, 1.82) is 0 Å². The lowest BCUT2D eigenvalue weighted by Gasteiger charge is -2.13. The molecule has 0 bridgehead atoms. The van der Waals surface area contributed by atoms with Gasteiger partial charge in [-0.15, -0.1) is 0 Å². The summed E-state index contributed by atoms with van der Waals surface area (Å²) in [5.74, 6) is 0.850. The zero-order chi connectivity index (χ0) is 10.1. The SMILES string of the molecule is CC(C)(C)c1ccc(OB(O)O)o1. The van der Waals surface area contributed by atoms with Crippen molar-refractivity contribution in [2.24, 2.45) is 0 Å². The van der Waals surface area contributed by atoms with E-state index in [1.807, 2.05) is 20.8 Å². The molecule has 13 heavy (non-hydrogen) atoms. The summed E-state index contributed by atoms with van der Waals surface area (Å²) in [6.07, 6.45) is 0. The Kier molecular flexibility index (Phi) is 2.68. The van der Waals surface area contributed by atoms with Crippen LogP contribution in [0.25, 0.3) is 0 Å². The molecule has 0 unspecified atom stereocenters.